The second-order valence-electron chi connectivity index (χ2n) is 25.4. The first-order valence-electron chi connectivity index (χ1n) is 32.8. The van der Waals surface area contributed by atoms with Gasteiger partial charge in [0.05, 0.1) is 58.0 Å². The van der Waals surface area contributed by atoms with Crippen LogP contribution in [0.4, 0.5) is 0 Å². The number of nitrogens with one attached hydrogen (secondary N) is 3. The Hall–Kier alpha value is -3.54. The lowest BCUT2D eigenvalue weighted by Crippen LogP contribution is -2.47. The number of unbranched alkanes of at least 4 members (excludes halogenated alkanes) is 9. The van der Waals surface area contributed by atoms with E-state index in [-0.39, 0.29) is 187 Å². The van der Waals surface area contributed by atoms with Gasteiger partial charge in [0.25, 0.3) is 0 Å². The predicted molar refractivity (Wildman–Crippen MR) is 325 cm³/mol. The first-order chi connectivity index (χ1) is 41.0. The number of amides is 3. The Morgan fingerprint density at radius 3 is 0.860 bits per heavy atom. The third kappa shape index (κ3) is 30.8. The van der Waals surface area contributed by atoms with Crippen LogP contribution in [0.1, 0.15) is 186 Å². The summed E-state index contributed by atoms with van der Waals surface area (Å²) in [4.78, 5) is 72.4. The topological polar surface area (TPSA) is 249 Å². The molecule has 500 valence electrons. The Labute approximate surface area is 516 Å². The minimum absolute atomic E-state index is 0.0909. The molecule has 0 aromatic carbocycles. The molecule has 0 aromatic heterocycles. The van der Waals surface area contributed by atoms with E-state index >= 15 is 0 Å². The van der Waals surface area contributed by atoms with Gasteiger partial charge >= 0.3 is 17.9 Å². The second kappa shape index (κ2) is 43.2. The zero-order chi connectivity index (χ0) is 63.4. The largest absolute Gasteiger partial charge is 0.463 e. The zero-order valence-electron chi connectivity index (χ0n) is 55.2. The molecule has 15 atom stereocenters. The van der Waals surface area contributed by atoms with Crippen molar-refractivity contribution in [1.29, 1.82) is 0 Å². The number of esters is 3. The molecule has 3 rings (SSSR count). The fourth-order valence-electron chi connectivity index (χ4n) is 11.1. The molecule has 3 fully saturated rings. The van der Waals surface area contributed by atoms with E-state index in [1.54, 1.807) is 0 Å². The molecule has 0 bridgehead atoms. The molecule has 21 nitrogen and oxygen atoms in total. The molecule has 3 amide bonds. The molecule has 3 N–H and O–H groups in total. The average molecular weight is 1230 g/mol. The third-order valence-electron chi connectivity index (χ3n) is 18.1. The van der Waals surface area contributed by atoms with Gasteiger partial charge in [0.15, 0.2) is 18.9 Å². The second-order valence-corrected chi connectivity index (χ2v) is 25.4. The van der Waals surface area contributed by atoms with Gasteiger partial charge in [0, 0.05) is 103 Å². The third-order valence-corrected chi connectivity index (χ3v) is 18.1. The maximum Gasteiger partial charge on any atom is 0.302 e. The van der Waals surface area contributed by atoms with Crippen LogP contribution >= 0.6 is 0 Å². The van der Waals surface area contributed by atoms with Crippen LogP contribution in [-0.2, 0) is 85.6 Å². The minimum atomic E-state index is -0.614. The standard InChI is InChI=1S/C65H117N3O18/c1-44-47(4)56(38-81-53(10)69)84-62(50(44)7)78-32-23-17-14-20-29-66-59(72)26-35-75-41-65(13,42-76-36-27-60(73)67-30-21-15-18-24-33-79-63-51(8)45(2)48(5)57(85-63)39-82-54(11)70)43-77-37-28-61(74)68-31-22-16-19-25-34-80-64-52(9)46(3)49(6)58(86-64)40-83-55(12)71/h44-52,56-58,62-64H,14-43H2,1-13H3,(H,66,72)(H,67,73)(H,68,74)/t44?,45?,46?,47-,48-,49-,50+,51+,52+,56?,57?,58?,62-,63-,64-,65?/m1/s1. The molecule has 0 radical (unpaired) electrons. The number of carbonyl (C=O) groups excluding carboxylic acids is 6. The normalized spacial score (nSPS) is 28.2. The van der Waals surface area contributed by atoms with Gasteiger partial charge in [-0.2, -0.15) is 0 Å². The molecule has 0 spiro atoms. The van der Waals surface area contributed by atoms with Crippen molar-refractivity contribution in [3.05, 3.63) is 0 Å². The molecule has 3 aliphatic heterocycles. The first kappa shape index (κ1) is 76.7. The van der Waals surface area contributed by atoms with Crippen molar-refractivity contribution >= 4 is 35.6 Å². The molecule has 86 heavy (non-hydrogen) atoms. The summed E-state index contributed by atoms with van der Waals surface area (Å²) in [6.07, 6.45) is 9.83. The highest BCUT2D eigenvalue weighted by molar-refractivity contribution is 5.76. The van der Waals surface area contributed by atoms with E-state index in [0.717, 1.165) is 77.0 Å². The smallest absolute Gasteiger partial charge is 0.302 e. The van der Waals surface area contributed by atoms with Crippen molar-refractivity contribution in [3.8, 4) is 0 Å². The van der Waals surface area contributed by atoms with Crippen molar-refractivity contribution in [1.82, 2.24) is 16.0 Å². The monoisotopic (exact) mass is 1230 g/mol. The van der Waals surface area contributed by atoms with Crippen LogP contribution in [0.25, 0.3) is 0 Å². The van der Waals surface area contributed by atoms with Crippen LogP contribution in [0.15, 0.2) is 0 Å². The van der Waals surface area contributed by atoms with Gasteiger partial charge in [0.2, 0.25) is 17.7 Å². The van der Waals surface area contributed by atoms with Crippen molar-refractivity contribution < 1.29 is 85.6 Å². The summed E-state index contributed by atoms with van der Waals surface area (Å²) in [6.45, 7) is 31.0. The molecular weight excluding hydrogens is 1110 g/mol. The Balaban J connectivity index is 1.32. The van der Waals surface area contributed by atoms with Crippen molar-refractivity contribution in [2.24, 2.45) is 58.7 Å². The lowest BCUT2D eigenvalue weighted by molar-refractivity contribution is -0.255. The molecule has 3 aliphatic rings. The fourth-order valence-corrected chi connectivity index (χ4v) is 11.1. The van der Waals surface area contributed by atoms with Gasteiger partial charge in [-0.25, -0.2) is 0 Å². The van der Waals surface area contributed by atoms with Crippen LogP contribution in [0.2, 0.25) is 0 Å². The molecule has 0 aromatic rings. The highest BCUT2D eigenvalue weighted by Crippen LogP contribution is 2.38. The molecule has 0 aliphatic carbocycles. The van der Waals surface area contributed by atoms with E-state index in [1.165, 1.54) is 20.8 Å². The van der Waals surface area contributed by atoms with Crippen LogP contribution in [0.5, 0.6) is 0 Å². The van der Waals surface area contributed by atoms with Crippen LogP contribution in [-0.4, -0.2) is 172 Å². The van der Waals surface area contributed by atoms with E-state index < -0.39 is 5.41 Å². The van der Waals surface area contributed by atoms with E-state index in [2.05, 4.69) is 78.3 Å². The number of hydrogen-bond acceptors (Lipinski definition) is 18. The SMILES string of the molecule is CC(=O)OCC1O[C@@H](OCCCCCCNC(=O)CCOCC(C)(COCCC(=O)NCCCCCCO[C@@H]2OC(COC(C)=O)[C@H](C)C(C)[C@@H]2C)COCCC(=O)NCCCCCCO[C@@H]2OC(COC(C)=O)[C@H](C)C(C)[C@@H]2C)[C@@H](C)C(C)[C@H]1C. The van der Waals surface area contributed by atoms with E-state index in [4.69, 9.17) is 56.8 Å². The summed E-state index contributed by atoms with van der Waals surface area (Å²) in [5, 5.41) is 9.00. The molecule has 3 heterocycles. The Morgan fingerprint density at radius 1 is 0.349 bits per heavy atom. The Morgan fingerprint density at radius 2 is 0.605 bits per heavy atom. The summed E-state index contributed by atoms with van der Waals surface area (Å²) >= 11 is 0. The summed E-state index contributed by atoms with van der Waals surface area (Å²) in [6, 6.07) is 0. The summed E-state index contributed by atoms with van der Waals surface area (Å²) < 4.78 is 70.9. The van der Waals surface area contributed by atoms with Gasteiger partial charge in [0.1, 0.15) is 19.8 Å². The van der Waals surface area contributed by atoms with Crippen LogP contribution in [0, 0.1) is 58.7 Å². The number of hydrogen-bond donors (Lipinski definition) is 3. The van der Waals surface area contributed by atoms with Crippen LogP contribution in [0.3, 0.4) is 0 Å². The summed E-state index contributed by atoms with van der Waals surface area (Å²) in [5.74, 6) is 1.26. The molecule has 21 heteroatoms. The van der Waals surface area contributed by atoms with E-state index in [9.17, 15) is 28.8 Å². The highest BCUT2D eigenvalue weighted by Gasteiger charge is 2.42. The van der Waals surface area contributed by atoms with Gasteiger partial charge in [-0.1, -0.05) is 108 Å². The first-order valence-corrected chi connectivity index (χ1v) is 32.8. The van der Waals surface area contributed by atoms with Gasteiger partial charge in [-0.3, -0.25) is 28.8 Å². The van der Waals surface area contributed by atoms with Crippen molar-refractivity contribution in [3.63, 3.8) is 0 Å². The van der Waals surface area contributed by atoms with Crippen LogP contribution < -0.4 is 16.0 Å². The maximum absolute atomic E-state index is 12.8. The average Bonchev–Trinajstić information content (AvgIpc) is 1.72. The van der Waals surface area contributed by atoms with E-state index in [0.29, 0.717) is 57.2 Å². The summed E-state index contributed by atoms with van der Waals surface area (Å²) in [7, 11) is 0. The maximum atomic E-state index is 12.8. The minimum Gasteiger partial charge on any atom is -0.463 e. The zero-order valence-corrected chi connectivity index (χ0v) is 55.2. The van der Waals surface area contributed by atoms with Crippen molar-refractivity contribution in [2.75, 3.05) is 98.9 Å². The summed E-state index contributed by atoms with van der Waals surface area (Å²) in [5.41, 5.74) is -0.614. The lowest BCUT2D eigenvalue weighted by atomic mass is 9.79. The number of rotatable bonds is 45. The predicted octanol–water partition coefficient (Wildman–Crippen LogP) is 8.88. The molecule has 0 saturated carbocycles. The van der Waals surface area contributed by atoms with Gasteiger partial charge in [-0.05, 0) is 74.0 Å². The Bertz CT molecular complexity index is 1710. The van der Waals surface area contributed by atoms with Gasteiger partial charge in [-0.15, -0.1) is 0 Å². The molecule has 3 saturated heterocycles. The number of ether oxygens (including phenoxy) is 12. The van der Waals surface area contributed by atoms with Crippen molar-refractivity contribution in [2.45, 2.75) is 224 Å². The quantitative estimate of drug-likeness (QED) is 0.0292. The van der Waals surface area contributed by atoms with Gasteiger partial charge < -0.3 is 72.8 Å². The highest BCUT2D eigenvalue weighted by atomic mass is 16.7. The fraction of sp³-hybridized carbons (Fsp3) is 0.908. The van der Waals surface area contributed by atoms with E-state index in [1.807, 2.05) is 6.92 Å². The molecular formula is C65H117N3O18. The Kier molecular flexibility index (Phi) is 38.6. The lowest BCUT2D eigenvalue weighted by Gasteiger charge is -2.43. The number of carbonyl (C=O) groups is 6. The molecule has 6 unspecified atom stereocenters.